The Hall–Kier alpha value is -2.25. The maximum atomic E-state index is 13.2. The molecular weight excluding hydrogens is 330 g/mol. The van der Waals surface area contributed by atoms with Crippen LogP contribution in [0.1, 0.15) is 47.9 Å². The normalized spacial score (nSPS) is 24.6. The van der Waals surface area contributed by atoms with Gasteiger partial charge in [0.05, 0.1) is 31.0 Å². The van der Waals surface area contributed by atoms with Crippen LogP contribution in [0.4, 0.5) is 0 Å². The number of hydrogen-bond acceptors (Lipinski definition) is 5. The number of carbonyl (C=O) groups excluding carboxylic acids is 1. The molecule has 2 aromatic rings. The van der Waals surface area contributed by atoms with E-state index < -0.39 is 0 Å². The van der Waals surface area contributed by atoms with Gasteiger partial charge >= 0.3 is 0 Å². The Morgan fingerprint density at radius 2 is 2.00 bits per heavy atom. The average Bonchev–Trinajstić information content (AvgIpc) is 3.19. The van der Waals surface area contributed by atoms with Gasteiger partial charge in [0.15, 0.2) is 5.69 Å². The smallest absolute Gasteiger partial charge is 0.276 e. The number of nitrogens with one attached hydrogen (secondary N) is 1. The van der Waals surface area contributed by atoms with Gasteiger partial charge in [0.25, 0.3) is 5.91 Å². The SMILES string of the molecule is C[C@H]1CN(C(=O)c2cn(C3CCNCC3)nn2)[C@@H](c2ccccc2)CO1. The first-order valence-electron chi connectivity index (χ1n) is 9.32. The van der Waals surface area contributed by atoms with Crippen LogP contribution in [0.15, 0.2) is 36.5 Å². The van der Waals surface area contributed by atoms with Crippen molar-refractivity contribution in [2.24, 2.45) is 0 Å². The lowest BCUT2D eigenvalue weighted by Crippen LogP contribution is -2.46. The molecule has 0 unspecified atom stereocenters. The molecule has 7 heteroatoms. The number of carbonyl (C=O) groups is 1. The predicted octanol–water partition coefficient (Wildman–Crippen LogP) is 1.80. The molecule has 0 aliphatic carbocycles. The molecule has 1 amide bonds. The molecule has 0 radical (unpaired) electrons. The van der Waals surface area contributed by atoms with Crippen molar-refractivity contribution in [3.05, 3.63) is 47.8 Å². The van der Waals surface area contributed by atoms with Crippen LogP contribution in [-0.2, 0) is 4.74 Å². The molecule has 2 fully saturated rings. The molecule has 4 rings (SSSR count). The molecule has 0 saturated carbocycles. The number of morpholine rings is 1. The van der Waals surface area contributed by atoms with E-state index in [1.165, 1.54) is 0 Å². The van der Waals surface area contributed by atoms with Crippen molar-refractivity contribution in [2.75, 3.05) is 26.2 Å². The van der Waals surface area contributed by atoms with Crippen LogP contribution in [-0.4, -0.2) is 58.1 Å². The second-order valence-corrected chi connectivity index (χ2v) is 7.09. The van der Waals surface area contributed by atoms with Gasteiger partial charge in [-0.3, -0.25) is 4.79 Å². The molecule has 2 atom stereocenters. The molecule has 2 aliphatic heterocycles. The summed E-state index contributed by atoms with van der Waals surface area (Å²) in [5.74, 6) is -0.0748. The maximum absolute atomic E-state index is 13.2. The first-order valence-corrected chi connectivity index (χ1v) is 9.32. The highest BCUT2D eigenvalue weighted by molar-refractivity contribution is 5.92. The van der Waals surface area contributed by atoms with E-state index >= 15 is 0 Å². The van der Waals surface area contributed by atoms with Crippen molar-refractivity contribution in [2.45, 2.75) is 38.0 Å². The third-order valence-corrected chi connectivity index (χ3v) is 5.23. The van der Waals surface area contributed by atoms with E-state index in [0.717, 1.165) is 31.5 Å². The van der Waals surface area contributed by atoms with Gasteiger partial charge in [0.2, 0.25) is 0 Å². The Balaban J connectivity index is 1.55. The van der Waals surface area contributed by atoms with Crippen LogP contribution < -0.4 is 5.32 Å². The maximum Gasteiger partial charge on any atom is 0.276 e. The molecule has 138 valence electrons. The van der Waals surface area contributed by atoms with Gasteiger partial charge in [-0.15, -0.1) is 5.10 Å². The Bertz CT molecular complexity index is 741. The highest BCUT2D eigenvalue weighted by Gasteiger charge is 2.33. The first kappa shape index (κ1) is 17.2. The van der Waals surface area contributed by atoms with Gasteiger partial charge < -0.3 is 15.0 Å². The van der Waals surface area contributed by atoms with Crippen LogP contribution in [0, 0.1) is 0 Å². The van der Waals surface area contributed by atoms with E-state index in [1.807, 2.05) is 46.8 Å². The second kappa shape index (κ2) is 7.55. The second-order valence-electron chi connectivity index (χ2n) is 7.09. The zero-order valence-electron chi connectivity index (χ0n) is 15.0. The largest absolute Gasteiger partial charge is 0.374 e. The van der Waals surface area contributed by atoms with Gasteiger partial charge in [-0.25, -0.2) is 4.68 Å². The molecule has 2 aliphatic rings. The van der Waals surface area contributed by atoms with Gasteiger partial charge in [0.1, 0.15) is 0 Å². The molecule has 0 spiro atoms. The Morgan fingerprint density at radius 1 is 1.23 bits per heavy atom. The molecule has 7 nitrogen and oxygen atoms in total. The number of ether oxygens (including phenoxy) is 1. The first-order chi connectivity index (χ1) is 12.7. The fraction of sp³-hybridized carbons (Fsp3) is 0.526. The zero-order chi connectivity index (χ0) is 17.9. The molecule has 1 N–H and O–H groups in total. The summed E-state index contributed by atoms with van der Waals surface area (Å²) in [6.07, 6.45) is 3.84. The van der Waals surface area contributed by atoms with Gasteiger partial charge in [-0.05, 0) is 38.4 Å². The van der Waals surface area contributed by atoms with E-state index in [-0.39, 0.29) is 18.1 Å². The number of aromatic nitrogens is 3. The number of benzene rings is 1. The van der Waals surface area contributed by atoms with Crippen molar-refractivity contribution in [3.63, 3.8) is 0 Å². The Kier molecular flexibility index (Phi) is 4.99. The summed E-state index contributed by atoms with van der Waals surface area (Å²) in [6.45, 7) is 5.00. The van der Waals surface area contributed by atoms with Crippen molar-refractivity contribution in [1.82, 2.24) is 25.2 Å². The summed E-state index contributed by atoms with van der Waals surface area (Å²) >= 11 is 0. The Morgan fingerprint density at radius 3 is 2.77 bits per heavy atom. The third-order valence-electron chi connectivity index (χ3n) is 5.23. The molecule has 3 heterocycles. The van der Waals surface area contributed by atoms with Gasteiger partial charge in [-0.1, -0.05) is 35.5 Å². The van der Waals surface area contributed by atoms with Crippen LogP contribution >= 0.6 is 0 Å². The number of amides is 1. The van der Waals surface area contributed by atoms with Crippen molar-refractivity contribution in [1.29, 1.82) is 0 Å². The molecular formula is C19H25N5O2. The summed E-state index contributed by atoms with van der Waals surface area (Å²) in [6, 6.07) is 10.3. The minimum Gasteiger partial charge on any atom is -0.374 e. The van der Waals surface area contributed by atoms with E-state index in [4.69, 9.17) is 4.74 Å². The molecule has 0 bridgehead atoms. The lowest BCUT2D eigenvalue weighted by Gasteiger charge is -2.38. The number of nitrogens with zero attached hydrogens (tertiary/aromatic N) is 4. The number of piperidine rings is 1. The van der Waals surface area contributed by atoms with Crippen LogP contribution in [0.25, 0.3) is 0 Å². The lowest BCUT2D eigenvalue weighted by molar-refractivity contribution is -0.0449. The summed E-state index contributed by atoms with van der Waals surface area (Å²) in [4.78, 5) is 15.0. The fourth-order valence-electron chi connectivity index (χ4n) is 3.75. The average molecular weight is 355 g/mol. The van der Waals surface area contributed by atoms with Crippen LogP contribution in [0.5, 0.6) is 0 Å². The van der Waals surface area contributed by atoms with E-state index in [1.54, 1.807) is 6.20 Å². The monoisotopic (exact) mass is 355 g/mol. The predicted molar refractivity (Wildman–Crippen MR) is 96.8 cm³/mol. The van der Waals surface area contributed by atoms with Gasteiger partial charge in [0, 0.05) is 6.54 Å². The molecule has 26 heavy (non-hydrogen) atoms. The van der Waals surface area contributed by atoms with Crippen LogP contribution in [0.3, 0.4) is 0 Å². The van der Waals surface area contributed by atoms with Crippen molar-refractivity contribution >= 4 is 5.91 Å². The van der Waals surface area contributed by atoms with Crippen LogP contribution in [0.2, 0.25) is 0 Å². The summed E-state index contributed by atoms with van der Waals surface area (Å²) in [5, 5.41) is 11.8. The lowest BCUT2D eigenvalue weighted by atomic mass is 10.0. The van der Waals surface area contributed by atoms with Crippen molar-refractivity contribution in [3.8, 4) is 0 Å². The Labute approximate surface area is 153 Å². The zero-order valence-corrected chi connectivity index (χ0v) is 15.0. The molecule has 2 saturated heterocycles. The quantitative estimate of drug-likeness (QED) is 0.909. The fourth-order valence-corrected chi connectivity index (χ4v) is 3.75. The molecule has 1 aromatic carbocycles. The van der Waals surface area contributed by atoms with Gasteiger partial charge in [-0.2, -0.15) is 0 Å². The summed E-state index contributed by atoms with van der Waals surface area (Å²) in [7, 11) is 0. The third kappa shape index (κ3) is 3.50. The van der Waals surface area contributed by atoms with E-state index in [0.29, 0.717) is 24.9 Å². The number of hydrogen-bond donors (Lipinski definition) is 1. The highest BCUT2D eigenvalue weighted by atomic mass is 16.5. The van der Waals surface area contributed by atoms with E-state index in [9.17, 15) is 4.79 Å². The standard InChI is InChI=1S/C19H25N5O2/c1-14-11-23(18(13-26-14)15-5-3-2-4-6-15)19(25)17-12-24(22-21-17)16-7-9-20-10-8-16/h2-6,12,14,16,18,20H,7-11,13H2,1H3/t14-,18+/m0/s1. The highest BCUT2D eigenvalue weighted by Crippen LogP contribution is 2.28. The number of rotatable bonds is 3. The summed E-state index contributed by atoms with van der Waals surface area (Å²) in [5.41, 5.74) is 1.50. The van der Waals surface area contributed by atoms with Crippen molar-refractivity contribution < 1.29 is 9.53 Å². The van der Waals surface area contributed by atoms with E-state index in [2.05, 4.69) is 15.6 Å². The topological polar surface area (TPSA) is 72.3 Å². The molecule has 1 aromatic heterocycles. The minimum atomic E-state index is -0.0936. The summed E-state index contributed by atoms with van der Waals surface area (Å²) < 4.78 is 7.68. The minimum absolute atomic E-state index is 0.0124.